The molecule has 2 unspecified atom stereocenters. The molecule has 0 spiro atoms. The molecule has 4 heteroatoms. The molecular weight excluding hydrogens is 290 g/mol. The normalized spacial score (nSPS) is 20.4. The summed E-state index contributed by atoms with van der Waals surface area (Å²) in [7, 11) is 0. The van der Waals surface area contributed by atoms with Crippen molar-refractivity contribution in [2.24, 2.45) is 5.92 Å². The molecule has 1 fully saturated rings. The van der Waals surface area contributed by atoms with Crippen LogP contribution in [0.25, 0.3) is 0 Å². The predicted octanol–water partition coefficient (Wildman–Crippen LogP) is 2.79. The number of nitrogens with zero attached hydrogens (tertiary/aromatic N) is 1. The van der Waals surface area contributed by atoms with Gasteiger partial charge in [-0.25, -0.2) is 0 Å². The largest absolute Gasteiger partial charge is 0.491 e. The lowest BCUT2D eigenvalue weighted by Gasteiger charge is -2.33. The van der Waals surface area contributed by atoms with Crippen molar-refractivity contribution < 1.29 is 14.6 Å². The topological polar surface area (TPSA) is 41.9 Å². The van der Waals surface area contributed by atoms with Crippen molar-refractivity contribution in [2.45, 2.75) is 39.7 Å². The van der Waals surface area contributed by atoms with Gasteiger partial charge in [0.25, 0.3) is 0 Å². The number of hydrogen-bond acceptors (Lipinski definition) is 4. The number of β-amino-alcohol motifs (C(OH)–C–C–N with tert-alkyl or cyclic N) is 1. The van der Waals surface area contributed by atoms with E-state index in [-0.39, 0.29) is 0 Å². The molecule has 1 heterocycles. The molecule has 2 rings (SSSR count). The van der Waals surface area contributed by atoms with Crippen LogP contribution in [0.5, 0.6) is 5.75 Å². The lowest BCUT2D eigenvalue weighted by Crippen LogP contribution is -2.42. The minimum Gasteiger partial charge on any atom is -0.491 e. The molecule has 1 aliphatic rings. The minimum atomic E-state index is -0.457. The summed E-state index contributed by atoms with van der Waals surface area (Å²) in [6.45, 7) is 10.9. The Kier molecular flexibility index (Phi) is 7.34. The lowest BCUT2D eigenvalue weighted by atomic mass is 9.99. The van der Waals surface area contributed by atoms with Crippen LogP contribution in [0.1, 0.15) is 30.9 Å². The summed E-state index contributed by atoms with van der Waals surface area (Å²) < 4.78 is 11.3. The third-order valence-electron chi connectivity index (χ3n) is 4.39. The number of aryl methyl sites for hydroxylation is 2. The van der Waals surface area contributed by atoms with E-state index in [0.717, 1.165) is 37.6 Å². The first-order valence-electron chi connectivity index (χ1n) is 8.76. The summed E-state index contributed by atoms with van der Waals surface area (Å²) in [5, 5.41) is 10.3. The number of benzene rings is 1. The van der Waals surface area contributed by atoms with Crippen LogP contribution in [-0.2, 0) is 4.74 Å². The van der Waals surface area contributed by atoms with E-state index in [1.165, 1.54) is 18.4 Å². The molecule has 0 radical (unpaired) electrons. The first kappa shape index (κ1) is 18.2. The van der Waals surface area contributed by atoms with Crippen molar-refractivity contribution in [1.82, 2.24) is 4.90 Å². The number of piperidine rings is 1. The maximum atomic E-state index is 10.3. The van der Waals surface area contributed by atoms with E-state index in [2.05, 4.69) is 17.9 Å². The van der Waals surface area contributed by atoms with Gasteiger partial charge in [-0.05, 0) is 57.7 Å². The molecule has 4 nitrogen and oxygen atoms in total. The maximum absolute atomic E-state index is 10.3. The van der Waals surface area contributed by atoms with Crippen LogP contribution < -0.4 is 4.74 Å². The zero-order chi connectivity index (χ0) is 16.7. The van der Waals surface area contributed by atoms with Crippen molar-refractivity contribution in [3.8, 4) is 5.75 Å². The van der Waals surface area contributed by atoms with Crippen molar-refractivity contribution in [2.75, 3.05) is 39.5 Å². The van der Waals surface area contributed by atoms with Crippen LogP contribution in [0.2, 0.25) is 0 Å². The summed E-state index contributed by atoms with van der Waals surface area (Å²) in [4.78, 5) is 2.34. The first-order chi connectivity index (χ1) is 11.1. The highest BCUT2D eigenvalue weighted by atomic mass is 16.5. The number of hydrogen-bond donors (Lipinski definition) is 1. The number of aliphatic hydroxyl groups excluding tert-OH is 1. The van der Waals surface area contributed by atoms with Gasteiger partial charge in [-0.3, -0.25) is 0 Å². The number of likely N-dealkylation sites (tertiary alicyclic amines) is 1. The fourth-order valence-electron chi connectivity index (χ4n) is 3.24. The molecule has 0 bridgehead atoms. The van der Waals surface area contributed by atoms with Crippen molar-refractivity contribution in [1.29, 1.82) is 0 Å². The van der Waals surface area contributed by atoms with Gasteiger partial charge in [-0.2, -0.15) is 0 Å². The molecule has 1 aromatic rings. The Hall–Kier alpha value is -1.10. The van der Waals surface area contributed by atoms with Gasteiger partial charge in [-0.15, -0.1) is 0 Å². The molecule has 1 aromatic carbocycles. The van der Waals surface area contributed by atoms with Gasteiger partial charge in [0.05, 0.1) is 6.61 Å². The van der Waals surface area contributed by atoms with Crippen LogP contribution in [0.15, 0.2) is 18.2 Å². The van der Waals surface area contributed by atoms with E-state index < -0.39 is 6.10 Å². The molecule has 1 saturated heterocycles. The zero-order valence-corrected chi connectivity index (χ0v) is 14.8. The molecule has 1 N–H and O–H groups in total. The van der Waals surface area contributed by atoms with E-state index in [4.69, 9.17) is 9.47 Å². The Morgan fingerprint density at radius 2 is 2.17 bits per heavy atom. The van der Waals surface area contributed by atoms with Crippen LogP contribution >= 0.6 is 0 Å². The number of rotatable bonds is 8. The lowest BCUT2D eigenvalue weighted by molar-refractivity contribution is 0.0300. The van der Waals surface area contributed by atoms with Gasteiger partial charge in [0.1, 0.15) is 18.5 Å². The van der Waals surface area contributed by atoms with Crippen LogP contribution in [-0.4, -0.2) is 55.6 Å². The van der Waals surface area contributed by atoms with Crippen LogP contribution in [0.4, 0.5) is 0 Å². The predicted molar refractivity (Wildman–Crippen MR) is 93.1 cm³/mol. The average Bonchev–Trinajstić information content (AvgIpc) is 2.52. The first-order valence-corrected chi connectivity index (χ1v) is 8.76. The standard InChI is InChI=1S/C19H31NO3/c1-4-22-13-17-6-5-9-20(11-17)12-18(21)14-23-19-8-7-15(2)10-16(19)3/h7-8,10,17-18,21H,4-6,9,11-14H2,1-3H3. The maximum Gasteiger partial charge on any atom is 0.122 e. The Morgan fingerprint density at radius 1 is 1.35 bits per heavy atom. The highest BCUT2D eigenvalue weighted by Gasteiger charge is 2.22. The summed E-state index contributed by atoms with van der Waals surface area (Å²) in [5.74, 6) is 1.46. The van der Waals surface area contributed by atoms with Crippen LogP contribution in [0.3, 0.4) is 0 Å². The van der Waals surface area contributed by atoms with E-state index in [9.17, 15) is 5.11 Å². The molecule has 2 atom stereocenters. The SMILES string of the molecule is CCOCC1CCCN(CC(O)COc2ccc(C)cc2C)C1. The van der Waals surface area contributed by atoms with Crippen molar-refractivity contribution in [3.05, 3.63) is 29.3 Å². The third kappa shape index (κ3) is 6.13. The summed E-state index contributed by atoms with van der Waals surface area (Å²) in [5.41, 5.74) is 2.34. The second-order valence-corrected chi connectivity index (χ2v) is 6.66. The minimum absolute atomic E-state index is 0.344. The van der Waals surface area contributed by atoms with Gasteiger partial charge in [0.2, 0.25) is 0 Å². The highest BCUT2D eigenvalue weighted by molar-refractivity contribution is 5.35. The molecule has 0 saturated carbocycles. The molecule has 0 aliphatic carbocycles. The monoisotopic (exact) mass is 321 g/mol. The molecular formula is C19H31NO3. The molecule has 23 heavy (non-hydrogen) atoms. The molecule has 1 aliphatic heterocycles. The second kappa shape index (κ2) is 9.26. The smallest absolute Gasteiger partial charge is 0.122 e. The Bertz CT molecular complexity index is 478. The Balaban J connectivity index is 1.74. The fourth-order valence-corrected chi connectivity index (χ4v) is 3.24. The van der Waals surface area contributed by atoms with E-state index >= 15 is 0 Å². The fraction of sp³-hybridized carbons (Fsp3) is 0.684. The van der Waals surface area contributed by atoms with Gasteiger partial charge >= 0.3 is 0 Å². The average molecular weight is 321 g/mol. The zero-order valence-electron chi connectivity index (χ0n) is 14.8. The summed E-state index contributed by atoms with van der Waals surface area (Å²) >= 11 is 0. The highest BCUT2D eigenvalue weighted by Crippen LogP contribution is 2.20. The number of aliphatic hydroxyl groups is 1. The van der Waals surface area contributed by atoms with Gasteiger partial charge in [0.15, 0.2) is 0 Å². The molecule has 0 aromatic heterocycles. The number of ether oxygens (including phenoxy) is 2. The van der Waals surface area contributed by atoms with Gasteiger partial charge in [0, 0.05) is 19.7 Å². The summed E-state index contributed by atoms with van der Waals surface area (Å²) in [6.07, 6.45) is 1.95. The second-order valence-electron chi connectivity index (χ2n) is 6.66. The Morgan fingerprint density at radius 3 is 2.91 bits per heavy atom. The van der Waals surface area contributed by atoms with Gasteiger partial charge < -0.3 is 19.5 Å². The van der Waals surface area contributed by atoms with E-state index in [0.29, 0.717) is 19.1 Å². The van der Waals surface area contributed by atoms with Crippen molar-refractivity contribution >= 4 is 0 Å². The van der Waals surface area contributed by atoms with Crippen molar-refractivity contribution in [3.63, 3.8) is 0 Å². The van der Waals surface area contributed by atoms with Gasteiger partial charge in [-0.1, -0.05) is 17.7 Å². The molecule has 130 valence electrons. The van der Waals surface area contributed by atoms with E-state index in [1.807, 2.05) is 26.0 Å². The Labute approximate surface area is 140 Å². The quantitative estimate of drug-likeness (QED) is 0.799. The van der Waals surface area contributed by atoms with Crippen LogP contribution in [0, 0.1) is 19.8 Å². The van der Waals surface area contributed by atoms with E-state index in [1.54, 1.807) is 0 Å². The molecule has 0 amide bonds. The summed E-state index contributed by atoms with van der Waals surface area (Å²) in [6, 6.07) is 6.12. The third-order valence-corrected chi connectivity index (χ3v) is 4.39.